The summed E-state index contributed by atoms with van der Waals surface area (Å²) in [7, 11) is 0. The molecule has 0 aliphatic rings. The van der Waals surface area contributed by atoms with Crippen molar-refractivity contribution in [3.05, 3.63) is 64.1 Å². The highest BCUT2D eigenvalue weighted by molar-refractivity contribution is 5.94. The van der Waals surface area contributed by atoms with Crippen LogP contribution in [-0.4, -0.2) is 23.3 Å². The van der Waals surface area contributed by atoms with Gasteiger partial charge in [0, 0.05) is 18.3 Å². The number of nitrogens with one attached hydrogen (secondary N) is 1. The van der Waals surface area contributed by atoms with Gasteiger partial charge >= 0.3 is 0 Å². The van der Waals surface area contributed by atoms with E-state index < -0.39 is 5.91 Å². The van der Waals surface area contributed by atoms with Crippen molar-refractivity contribution < 1.29 is 9.53 Å². The summed E-state index contributed by atoms with van der Waals surface area (Å²) in [5, 5.41) is 3.99. The van der Waals surface area contributed by atoms with Gasteiger partial charge in [-0.15, -0.1) is 0 Å². The number of pyridine rings is 1. The van der Waals surface area contributed by atoms with Crippen LogP contribution in [0.25, 0.3) is 0 Å². The van der Waals surface area contributed by atoms with Crippen molar-refractivity contribution in [1.82, 2.24) is 9.99 Å². The van der Waals surface area contributed by atoms with E-state index in [0.717, 1.165) is 24.2 Å². The predicted molar refractivity (Wildman–Crippen MR) is 112 cm³/mol. The van der Waals surface area contributed by atoms with Crippen molar-refractivity contribution >= 4 is 12.1 Å². The van der Waals surface area contributed by atoms with E-state index in [-0.39, 0.29) is 11.1 Å². The van der Waals surface area contributed by atoms with Crippen molar-refractivity contribution in [1.29, 1.82) is 0 Å². The van der Waals surface area contributed by atoms with Crippen molar-refractivity contribution in [2.45, 2.75) is 52.5 Å². The standard InChI is InChI=1S/C22H29N3O3/c1-3-5-6-7-10-16-28-20-14-9-8-12-18(20)17-23-24-21(26)19-13-11-15-25(4-2)22(19)27/h8-9,11-15,17H,3-7,10,16H2,1-2H3,(H,24,26)/b23-17-. The molecule has 0 radical (unpaired) electrons. The minimum atomic E-state index is -0.529. The second-order valence-electron chi connectivity index (χ2n) is 6.51. The van der Waals surface area contributed by atoms with Crippen LogP contribution in [0, 0.1) is 0 Å². The van der Waals surface area contributed by atoms with Gasteiger partial charge in [-0.25, -0.2) is 5.43 Å². The Morgan fingerprint density at radius 3 is 2.68 bits per heavy atom. The van der Waals surface area contributed by atoms with E-state index in [9.17, 15) is 9.59 Å². The number of aromatic nitrogens is 1. The minimum absolute atomic E-state index is 0.0677. The summed E-state index contributed by atoms with van der Waals surface area (Å²) in [5.41, 5.74) is 2.93. The van der Waals surface area contributed by atoms with Gasteiger partial charge in [0.15, 0.2) is 0 Å². The Bertz CT molecular complexity index is 843. The number of hydrogen-bond acceptors (Lipinski definition) is 4. The van der Waals surface area contributed by atoms with Crippen LogP contribution in [0.4, 0.5) is 0 Å². The monoisotopic (exact) mass is 383 g/mol. The van der Waals surface area contributed by atoms with Gasteiger partial charge in [-0.2, -0.15) is 5.10 Å². The van der Waals surface area contributed by atoms with Gasteiger partial charge in [0.25, 0.3) is 11.5 Å². The lowest BCUT2D eigenvalue weighted by Crippen LogP contribution is -2.30. The summed E-state index contributed by atoms with van der Waals surface area (Å²) in [5.74, 6) is 0.197. The minimum Gasteiger partial charge on any atom is -0.493 e. The highest BCUT2D eigenvalue weighted by atomic mass is 16.5. The number of hydrazone groups is 1. The Labute approximate surface area is 166 Å². The molecule has 0 unspecified atom stereocenters. The Morgan fingerprint density at radius 2 is 1.89 bits per heavy atom. The second kappa shape index (κ2) is 11.7. The zero-order valence-corrected chi connectivity index (χ0v) is 16.7. The summed E-state index contributed by atoms with van der Waals surface area (Å²) in [6.45, 7) is 5.21. The molecular formula is C22H29N3O3. The van der Waals surface area contributed by atoms with E-state index in [1.807, 2.05) is 31.2 Å². The van der Waals surface area contributed by atoms with Crippen molar-refractivity contribution in [2.24, 2.45) is 5.10 Å². The number of carbonyl (C=O) groups excluding carboxylic acids is 1. The fourth-order valence-electron chi connectivity index (χ4n) is 2.79. The first-order valence-corrected chi connectivity index (χ1v) is 9.92. The molecule has 0 spiro atoms. The lowest BCUT2D eigenvalue weighted by molar-refractivity contribution is 0.0953. The highest BCUT2D eigenvalue weighted by Crippen LogP contribution is 2.16. The van der Waals surface area contributed by atoms with Gasteiger partial charge < -0.3 is 9.30 Å². The van der Waals surface area contributed by atoms with Crippen LogP contribution in [-0.2, 0) is 6.54 Å². The van der Waals surface area contributed by atoms with Gasteiger partial charge in [-0.3, -0.25) is 9.59 Å². The molecule has 6 nitrogen and oxygen atoms in total. The number of para-hydroxylation sites is 1. The quantitative estimate of drug-likeness (QED) is 0.362. The molecule has 1 N–H and O–H groups in total. The smallest absolute Gasteiger partial charge is 0.276 e. The number of rotatable bonds is 11. The number of aryl methyl sites for hydroxylation is 1. The van der Waals surface area contributed by atoms with Crippen molar-refractivity contribution in [3.8, 4) is 5.75 Å². The number of nitrogens with zero attached hydrogens (tertiary/aromatic N) is 2. The van der Waals surface area contributed by atoms with E-state index >= 15 is 0 Å². The zero-order valence-electron chi connectivity index (χ0n) is 16.7. The highest BCUT2D eigenvalue weighted by Gasteiger charge is 2.10. The number of amides is 1. The Hall–Kier alpha value is -2.89. The molecule has 0 bridgehead atoms. The SMILES string of the molecule is CCCCCCCOc1ccccc1/C=N\NC(=O)c1cccn(CC)c1=O. The van der Waals surface area contributed by atoms with Crippen molar-refractivity contribution in [2.75, 3.05) is 6.61 Å². The number of carbonyl (C=O) groups is 1. The third-order valence-corrected chi connectivity index (χ3v) is 4.40. The van der Waals surface area contributed by atoms with E-state index in [2.05, 4.69) is 17.5 Å². The van der Waals surface area contributed by atoms with Crippen LogP contribution >= 0.6 is 0 Å². The Morgan fingerprint density at radius 1 is 1.11 bits per heavy atom. The number of unbranched alkanes of at least 4 members (excludes halogenated alkanes) is 4. The third kappa shape index (κ3) is 6.37. The maximum atomic E-state index is 12.2. The first-order valence-electron chi connectivity index (χ1n) is 9.92. The molecule has 1 aromatic heterocycles. The van der Waals surface area contributed by atoms with Crippen LogP contribution in [0.5, 0.6) is 5.75 Å². The van der Waals surface area contributed by atoms with Crippen LogP contribution in [0.3, 0.4) is 0 Å². The average molecular weight is 383 g/mol. The largest absolute Gasteiger partial charge is 0.493 e. The molecule has 2 rings (SSSR count). The summed E-state index contributed by atoms with van der Waals surface area (Å²) in [4.78, 5) is 24.4. The number of ether oxygens (including phenoxy) is 1. The van der Waals surface area contributed by atoms with Gasteiger partial charge in [-0.1, -0.05) is 44.7 Å². The van der Waals surface area contributed by atoms with Crippen LogP contribution in [0.15, 0.2) is 52.5 Å². The normalized spacial score (nSPS) is 10.9. The molecule has 6 heteroatoms. The van der Waals surface area contributed by atoms with E-state index in [0.29, 0.717) is 13.2 Å². The number of hydrogen-bond donors (Lipinski definition) is 1. The van der Waals surface area contributed by atoms with Crippen LogP contribution in [0.1, 0.15) is 61.9 Å². The average Bonchev–Trinajstić information content (AvgIpc) is 2.71. The zero-order chi connectivity index (χ0) is 20.2. The summed E-state index contributed by atoms with van der Waals surface area (Å²) in [6, 6.07) is 10.7. The summed E-state index contributed by atoms with van der Waals surface area (Å²) >= 11 is 0. The topological polar surface area (TPSA) is 72.7 Å². The summed E-state index contributed by atoms with van der Waals surface area (Å²) in [6.07, 6.45) is 9.07. The van der Waals surface area contributed by atoms with E-state index in [1.165, 1.54) is 36.1 Å². The lowest BCUT2D eigenvalue weighted by atomic mass is 10.2. The maximum absolute atomic E-state index is 12.2. The molecular weight excluding hydrogens is 354 g/mol. The molecule has 1 aromatic carbocycles. The van der Waals surface area contributed by atoms with Crippen LogP contribution in [0.2, 0.25) is 0 Å². The van der Waals surface area contributed by atoms with Gasteiger partial charge in [-0.05, 0) is 37.6 Å². The molecule has 2 aromatic rings. The van der Waals surface area contributed by atoms with E-state index in [4.69, 9.17) is 4.74 Å². The molecule has 0 saturated carbocycles. The van der Waals surface area contributed by atoms with Crippen molar-refractivity contribution in [3.63, 3.8) is 0 Å². The first kappa shape index (κ1) is 21.4. The maximum Gasteiger partial charge on any atom is 0.276 e. The molecule has 1 heterocycles. The van der Waals surface area contributed by atoms with E-state index in [1.54, 1.807) is 12.3 Å². The van der Waals surface area contributed by atoms with Gasteiger partial charge in [0.2, 0.25) is 0 Å². The molecule has 150 valence electrons. The molecule has 0 aliphatic carbocycles. The molecule has 0 saturated heterocycles. The predicted octanol–water partition coefficient (Wildman–Crippen LogP) is 3.98. The fourth-order valence-corrected chi connectivity index (χ4v) is 2.79. The fraction of sp³-hybridized carbons (Fsp3) is 0.409. The Balaban J connectivity index is 1.93. The van der Waals surface area contributed by atoms with Crippen LogP contribution < -0.4 is 15.7 Å². The molecule has 0 aliphatic heterocycles. The lowest BCUT2D eigenvalue weighted by Gasteiger charge is -2.09. The Kier molecular flexibility index (Phi) is 8.98. The first-order chi connectivity index (χ1) is 13.7. The molecule has 0 fully saturated rings. The third-order valence-electron chi connectivity index (χ3n) is 4.40. The second-order valence-corrected chi connectivity index (χ2v) is 6.51. The molecule has 0 atom stereocenters. The molecule has 1 amide bonds. The van der Waals surface area contributed by atoms with Gasteiger partial charge in [0.1, 0.15) is 11.3 Å². The number of benzene rings is 1. The summed E-state index contributed by atoms with van der Waals surface area (Å²) < 4.78 is 7.33. The molecule has 28 heavy (non-hydrogen) atoms. The van der Waals surface area contributed by atoms with Gasteiger partial charge in [0.05, 0.1) is 12.8 Å².